The molecule has 0 unspecified atom stereocenters. The number of anilines is 1. The molecule has 16 heavy (non-hydrogen) atoms. The van der Waals surface area contributed by atoms with Crippen molar-refractivity contribution in [3.05, 3.63) is 23.8 Å². The molecule has 1 aromatic carbocycles. The Morgan fingerprint density at radius 1 is 1.44 bits per heavy atom. The second-order valence-electron chi connectivity index (χ2n) is 3.24. The Bertz CT molecular complexity index is 366. The largest absolute Gasteiger partial charge is 0.497 e. The predicted molar refractivity (Wildman–Crippen MR) is 64.4 cm³/mol. The van der Waals surface area contributed by atoms with Crippen molar-refractivity contribution in [3.8, 4) is 5.75 Å². The number of hydrogen-bond donors (Lipinski definition) is 3. The highest BCUT2D eigenvalue weighted by atomic mass is 16.5. The number of nitrogen functional groups attached to an aromatic ring is 1. The van der Waals surface area contributed by atoms with E-state index in [2.05, 4.69) is 5.32 Å². The fourth-order valence-electron chi connectivity index (χ4n) is 1.32. The summed E-state index contributed by atoms with van der Waals surface area (Å²) in [7, 11) is 3.24. The number of nitrogens with two attached hydrogens (primary N) is 1. The maximum absolute atomic E-state index is 7.45. The van der Waals surface area contributed by atoms with Gasteiger partial charge < -0.3 is 20.5 Å². The van der Waals surface area contributed by atoms with Gasteiger partial charge in [0, 0.05) is 31.0 Å². The highest BCUT2D eigenvalue weighted by Crippen LogP contribution is 2.21. The van der Waals surface area contributed by atoms with Crippen LogP contribution >= 0.6 is 0 Å². The minimum atomic E-state index is 0.0302. The molecule has 5 nitrogen and oxygen atoms in total. The number of benzene rings is 1. The molecule has 0 aliphatic carbocycles. The van der Waals surface area contributed by atoms with Crippen LogP contribution in [0.15, 0.2) is 18.2 Å². The van der Waals surface area contributed by atoms with E-state index >= 15 is 0 Å². The molecule has 0 atom stereocenters. The van der Waals surface area contributed by atoms with Crippen molar-refractivity contribution in [1.82, 2.24) is 0 Å². The average molecular weight is 223 g/mol. The van der Waals surface area contributed by atoms with Gasteiger partial charge in [0.2, 0.25) is 0 Å². The van der Waals surface area contributed by atoms with Crippen molar-refractivity contribution < 1.29 is 9.47 Å². The normalized spacial score (nSPS) is 9.88. The first-order chi connectivity index (χ1) is 7.69. The predicted octanol–water partition coefficient (Wildman–Crippen LogP) is 1.04. The lowest BCUT2D eigenvalue weighted by atomic mass is 10.1. The van der Waals surface area contributed by atoms with Crippen LogP contribution in [0.1, 0.15) is 5.56 Å². The smallest absolute Gasteiger partial charge is 0.124 e. The number of amidine groups is 1. The molecule has 0 radical (unpaired) electrons. The van der Waals surface area contributed by atoms with E-state index in [4.69, 9.17) is 20.6 Å². The number of hydrogen-bond acceptors (Lipinski definition) is 4. The van der Waals surface area contributed by atoms with Crippen molar-refractivity contribution in [1.29, 1.82) is 5.41 Å². The molecular formula is C11H17N3O2. The fraction of sp³-hybridized carbons (Fsp3) is 0.364. The molecule has 0 saturated carbocycles. The summed E-state index contributed by atoms with van der Waals surface area (Å²) < 4.78 is 10.1. The van der Waals surface area contributed by atoms with E-state index in [-0.39, 0.29) is 5.84 Å². The summed E-state index contributed by atoms with van der Waals surface area (Å²) in [5.74, 6) is 0.757. The Hall–Kier alpha value is -1.75. The van der Waals surface area contributed by atoms with Crippen molar-refractivity contribution >= 4 is 11.5 Å². The molecule has 0 fully saturated rings. The van der Waals surface area contributed by atoms with E-state index in [9.17, 15) is 0 Å². The van der Waals surface area contributed by atoms with Crippen molar-refractivity contribution in [2.24, 2.45) is 5.73 Å². The van der Waals surface area contributed by atoms with Crippen LogP contribution in [0, 0.1) is 5.41 Å². The minimum absolute atomic E-state index is 0.0302. The second kappa shape index (κ2) is 5.97. The molecule has 0 saturated heterocycles. The molecule has 0 amide bonds. The quantitative estimate of drug-likeness (QED) is 0.382. The third-order valence-corrected chi connectivity index (χ3v) is 2.14. The minimum Gasteiger partial charge on any atom is -0.497 e. The lowest BCUT2D eigenvalue weighted by molar-refractivity contribution is 0.211. The van der Waals surface area contributed by atoms with E-state index in [1.807, 2.05) is 6.07 Å². The summed E-state index contributed by atoms with van der Waals surface area (Å²) in [5, 5.41) is 10.6. The average Bonchev–Trinajstić information content (AvgIpc) is 2.29. The molecule has 0 aromatic heterocycles. The van der Waals surface area contributed by atoms with E-state index < -0.39 is 0 Å². The Kier molecular flexibility index (Phi) is 4.60. The number of ether oxygens (including phenoxy) is 2. The second-order valence-corrected chi connectivity index (χ2v) is 3.24. The molecule has 0 heterocycles. The van der Waals surface area contributed by atoms with E-state index in [1.54, 1.807) is 26.4 Å². The van der Waals surface area contributed by atoms with Gasteiger partial charge in [-0.2, -0.15) is 0 Å². The van der Waals surface area contributed by atoms with Crippen LogP contribution in [-0.2, 0) is 4.74 Å². The van der Waals surface area contributed by atoms with Gasteiger partial charge in [-0.3, -0.25) is 5.41 Å². The maximum Gasteiger partial charge on any atom is 0.124 e. The van der Waals surface area contributed by atoms with Gasteiger partial charge in [0.05, 0.1) is 13.7 Å². The van der Waals surface area contributed by atoms with Crippen molar-refractivity contribution in [2.75, 3.05) is 32.7 Å². The van der Waals surface area contributed by atoms with Crippen LogP contribution in [0.4, 0.5) is 5.69 Å². The summed E-state index contributed by atoms with van der Waals surface area (Å²) in [6.07, 6.45) is 0. The highest BCUT2D eigenvalue weighted by Gasteiger charge is 2.06. The van der Waals surface area contributed by atoms with Crippen LogP contribution in [0.25, 0.3) is 0 Å². The van der Waals surface area contributed by atoms with Crippen molar-refractivity contribution in [3.63, 3.8) is 0 Å². The van der Waals surface area contributed by atoms with E-state index in [0.717, 1.165) is 11.4 Å². The Morgan fingerprint density at radius 3 is 2.75 bits per heavy atom. The van der Waals surface area contributed by atoms with Gasteiger partial charge in [-0.25, -0.2) is 0 Å². The van der Waals surface area contributed by atoms with Gasteiger partial charge in [-0.05, 0) is 12.1 Å². The molecule has 88 valence electrons. The number of nitrogens with one attached hydrogen (secondary N) is 2. The zero-order valence-corrected chi connectivity index (χ0v) is 9.54. The summed E-state index contributed by atoms with van der Waals surface area (Å²) in [6.45, 7) is 1.25. The summed E-state index contributed by atoms with van der Waals surface area (Å²) in [5.41, 5.74) is 6.93. The summed E-state index contributed by atoms with van der Waals surface area (Å²) >= 11 is 0. The molecule has 0 bridgehead atoms. The first-order valence-electron chi connectivity index (χ1n) is 4.94. The van der Waals surface area contributed by atoms with Crippen LogP contribution in [-0.4, -0.2) is 33.2 Å². The lowest BCUT2D eigenvalue weighted by Crippen LogP contribution is -2.16. The van der Waals surface area contributed by atoms with Gasteiger partial charge in [0.25, 0.3) is 0 Å². The molecule has 1 rings (SSSR count). The van der Waals surface area contributed by atoms with Gasteiger partial charge in [0.1, 0.15) is 11.6 Å². The molecule has 0 aliphatic rings. The molecule has 0 aliphatic heterocycles. The van der Waals surface area contributed by atoms with E-state index in [1.165, 1.54) is 0 Å². The number of methoxy groups -OCH3 is 2. The van der Waals surface area contributed by atoms with Crippen LogP contribution < -0.4 is 15.8 Å². The zero-order valence-electron chi connectivity index (χ0n) is 9.54. The number of rotatable bonds is 6. The summed E-state index contributed by atoms with van der Waals surface area (Å²) in [4.78, 5) is 0. The van der Waals surface area contributed by atoms with Crippen LogP contribution in [0.5, 0.6) is 5.75 Å². The van der Waals surface area contributed by atoms with Gasteiger partial charge in [0.15, 0.2) is 0 Å². The van der Waals surface area contributed by atoms with Gasteiger partial charge in [-0.1, -0.05) is 0 Å². The Morgan fingerprint density at radius 2 is 2.19 bits per heavy atom. The van der Waals surface area contributed by atoms with Crippen LogP contribution in [0.3, 0.4) is 0 Å². The molecule has 5 heteroatoms. The Balaban J connectivity index is 2.87. The standard InChI is InChI=1S/C11H17N3O2/c1-15-6-5-14-10-7-8(16-2)3-4-9(10)11(12)13/h3-4,7,14H,5-6H2,1-2H3,(H3,12,13). The Labute approximate surface area is 95.1 Å². The highest BCUT2D eigenvalue weighted by molar-refractivity contribution is 6.00. The molecule has 4 N–H and O–H groups in total. The van der Waals surface area contributed by atoms with Crippen LogP contribution in [0.2, 0.25) is 0 Å². The maximum atomic E-state index is 7.45. The third-order valence-electron chi connectivity index (χ3n) is 2.14. The molecule has 1 aromatic rings. The molecule has 0 spiro atoms. The first kappa shape index (κ1) is 12.3. The van der Waals surface area contributed by atoms with Gasteiger partial charge in [-0.15, -0.1) is 0 Å². The monoisotopic (exact) mass is 223 g/mol. The fourth-order valence-corrected chi connectivity index (χ4v) is 1.32. The van der Waals surface area contributed by atoms with Gasteiger partial charge >= 0.3 is 0 Å². The lowest BCUT2D eigenvalue weighted by Gasteiger charge is -2.12. The SMILES string of the molecule is COCCNc1cc(OC)ccc1C(=N)N. The topological polar surface area (TPSA) is 80.4 Å². The van der Waals surface area contributed by atoms with E-state index in [0.29, 0.717) is 18.7 Å². The van der Waals surface area contributed by atoms with Crippen molar-refractivity contribution in [2.45, 2.75) is 0 Å². The molecular weight excluding hydrogens is 206 g/mol. The third kappa shape index (κ3) is 3.13. The first-order valence-corrected chi connectivity index (χ1v) is 4.94. The zero-order chi connectivity index (χ0) is 12.0. The summed E-state index contributed by atoms with van der Waals surface area (Å²) in [6, 6.07) is 5.35.